The Morgan fingerprint density at radius 2 is 2.06 bits per heavy atom. The lowest BCUT2D eigenvalue weighted by molar-refractivity contribution is -0.127. The third kappa shape index (κ3) is 3.76. The molecule has 0 spiro atoms. The largest absolute Gasteiger partial charge is 0.397 e. The van der Waals surface area contributed by atoms with E-state index in [-0.39, 0.29) is 5.91 Å². The van der Waals surface area contributed by atoms with Crippen LogP contribution in [-0.4, -0.2) is 38.0 Å². The van der Waals surface area contributed by atoms with E-state index in [0.717, 1.165) is 15.8 Å². The Hall–Kier alpha value is -0.980. The van der Waals surface area contributed by atoms with E-state index in [9.17, 15) is 4.79 Å². The number of likely N-dealkylation sites (N-methyl/N-ethyl adjacent to an activating group) is 2. The van der Waals surface area contributed by atoms with Gasteiger partial charge in [0.1, 0.15) is 0 Å². The second-order valence-corrected chi connectivity index (χ2v) is 5.25. The van der Waals surface area contributed by atoms with Gasteiger partial charge in [-0.2, -0.15) is 0 Å². The monoisotopic (exact) mass is 347 g/mol. The molecule has 1 rings (SSSR count). The van der Waals surface area contributed by atoms with Gasteiger partial charge < -0.3 is 15.5 Å². The summed E-state index contributed by atoms with van der Waals surface area (Å²) in [7, 11) is 3.51. The van der Waals surface area contributed by atoms with Gasteiger partial charge in [-0.15, -0.1) is 0 Å². The lowest BCUT2D eigenvalue weighted by Gasteiger charge is -2.25. The molecule has 0 radical (unpaired) electrons. The number of hydrogen-bond donors (Lipinski definition) is 1. The molecular weight excluding hydrogens is 329 g/mol. The lowest BCUT2D eigenvalue weighted by Crippen LogP contribution is -2.36. The topological polar surface area (TPSA) is 49.6 Å². The Balaban J connectivity index is 2.90. The maximum atomic E-state index is 11.7. The Kier molecular flexibility index (Phi) is 5.04. The molecule has 1 aromatic carbocycles. The first-order valence-corrected chi connectivity index (χ1v) is 6.53. The van der Waals surface area contributed by atoms with E-state index in [4.69, 9.17) is 5.73 Å². The van der Waals surface area contributed by atoms with Crippen LogP contribution >= 0.6 is 22.6 Å². The number of rotatable bonds is 4. The van der Waals surface area contributed by atoms with Gasteiger partial charge in [-0.25, -0.2) is 0 Å². The number of halogens is 1. The number of amides is 1. The highest BCUT2D eigenvalue weighted by Gasteiger charge is 2.13. The molecule has 1 aromatic rings. The Labute approximate surface area is 116 Å². The fourth-order valence-electron chi connectivity index (χ4n) is 1.49. The van der Waals surface area contributed by atoms with Crippen molar-refractivity contribution in [1.29, 1.82) is 0 Å². The fourth-order valence-corrected chi connectivity index (χ4v) is 2.00. The molecular formula is C12H18IN3O. The van der Waals surface area contributed by atoms with E-state index >= 15 is 0 Å². The number of nitrogens with zero attached hydrogens (tertiary/aromatic N) is 2. The van der Waals surface area contributed by atoms with Gasteiger partial charge in [-0.05, 0) is 47.7 Å². The van der Waals surface area contributed by atoms with Crippen molar-refractivity contribution in [1.82, 2.24) is 4.90 Å². The normalized spacial score (nSPS) is 10.1. The van der Waals surface area contributed by atoms with Gasteiger partial charge in [0.2, 0.25) is 5.91 Å². The average molecular weight is 347 g/mol. The summed E-state index contributed by atoms with van der Waals surface area (Å²) in [4.78, 5) is 15.3. The van der Waals surface area contributed by atoms with Crippen molar-refractivity contribution in [2.75, 3.05) is 37.8 Å². The molecule has 0 aliphatic rings. The predicted octanol–water partition coefficient (Wildman–Crippen LogP) is 1.79. The van der Waals surface area contributed by atoms with Crippen molar-refractivity contribution in [2.24, 2.45) is 0 Å². The van der Waals surface area contributed by atoms with Crippen molar-refractivity contribution < 1.29 is 4.79 Å². The molecule has 1 amide bonds. The molecule has 0 bridgehead atoms. The van der Waals surface area contributed by atoms with Crippen LogP contribution in [0.1, 0.15) is 6.92 Å². The summed E-state index contributed by atoms with van der Waals surface area (Å²) < 4.78 is 1.10. The van der Waals surface area contributed by atoms with Crippen LogP contribution in [0.2, 0.25) is 0 Å². The summed E-state index contributed by atoms with van der Waals surface area (Å²) in [5.74, 6) is 0.0739. The lowest BCUT2D eigenvalue weighted by atomic mass is 10.2. The molecule has 0 saturated carbocycles. The first-order chi connectivity index (χ1) is 7.95. The van der Waals surface area contributed by atoms with Crippen molar-refractivity contribution >= 4 is 39.9 Å². The number of carbonyl (C=O) groups is 1. The standard InChI is InChI=1S/C12H18IN3O/c1-4-16(8-12(17)15(2)3)11-6-5-9(13)7-10(11)14/h5-7H,4,8,14H2,1-3H3. The minimum Gasteiger partial charge on any atom is -0.397 e. The summed E-state index contributed by atoms with van der Waals surface area (Å²) in [5, 5.41) is 0. The minimum atomic E-state index is 0.0739. The van der Waals surface area contributed by atoms with Crippen LogP contribution in [-0.2, 0) is 4.79 Å². The maximum Gasteiger partial charge on any atom is 0.241 e. The summed E-state index contributed by atoms with van der Waals surface area (Å²) in [6, 6.07) is 5.87. The fraction of sp³-hybridized carbons (Fsp3) is 0.417. The molecule has 0 atom stereocenters. The van der Waals surface area contributed by atoms with Gasteiger partial charge in [0.15, 0.2) is 0 Å². The van der Waals surface area contributed by atoms with E-state index in [1.165, 1.54) is 0 Å². The predicted molar refractivity (Wildman–Crippen MR) is 80.2 cm³/mol. The van der Waals surface area contributed by atoms with Crippen LogP contribution < -0.4 is 10.6 Å². The highest BCUT2D eigenvalue weighted by Crippen LogP contribution is 2.24. The average Bonchev–Trinajstić information content (AvgIpc) is 2.26. The third-order valence-corrected chi connectivity index (χ3v) is 3.21. The quantitative estimate of drug-likeness (QED) is 0.667. The van der Waals surface area contributed by atoms with Crippen molar-refractivity contribution in [3.05, 3.63) is 21.8 Å². The van der Waals surface area contributed by atoms with Crippen molar-refractivity contribution in [3.63, 3.8) is 0 Å². The van der Waals surface area contributed by atoms with Crippen LogP contribution in [0.3, 0.4) is 0 Å². The molecule has 0 aliphatic heterocycles. The van der Waals surface area contributed by atoms with E-state index in [2.05, 4.69) is 22.6 Å². The molecule has 4 nitrogen and oxygen atoms in total. The first-order valence-electron chi connectivity index (χ1n) is 5.45. The summed E-state index contributed by atoms with van der Waals surface area (Å²) in [5.41, 5.74) is 7.61. The number of nitrogen functional groups attached to an aromatic ring is 1. The number of nitrogens with two attached hydrogens (primary N) is 1. The highest BCUT2D eigenvalue weighted by molar-refractivity contribution is 14.1. The summed E-state index contributed by atoms with van der Waals surface area (Å²) in [6.45, 7) is 3.12. The third-order valence-electron chi connectivity index (χ3n) is 2.54. The molecule has 0 aliphatic carbocycles. The number of hydrogen-bond acceptors (Lipinski definition) is 3. The van der Waals surface area contributed by atoms with Crippen LogP contribution in [0.15, 0.2) is 18.2 Å². The molecule has 0 saturated heterocycles. The van der Waals surface area contributed by atoms with Gasteiger partial charge in [-0.3, -0.25) is 4.79 Å². The van der Waals surface area contributed by atoms with Crippen LogP contribution in [0.5, 0.6) is 0 Å². The molecule has 2 N–H and O–H groups in total. The molecule has 17 heavy (non-hydrogen) atoms. The zero-order valence-corrected chi connectivity index (χ0v) is 12.6. The van der Waals surface area contributed by atoms with E-state index in [1.807, 2.05) is 30.0 Å². The van der Waals surface area contributed by atoms with Crippen LogP contribution in [0.4, 0.5) is 11.4 Å². The van der Waals surface area contributed by atoms with E-state index in [1.54, 1.807) is 19.0 Å². The van der Waals surface area contributed by atoms with Gasteiger partial charge >= 0.3 is 0 Å². The van der Waals surface area contributed by atoms with Gasteiger partial charge in [0.05, 0.1) is 17.9 Å². The SMILES string of the molecule is CCN(CC(=O)N(C)C)c1ccc(I)cc1N. The van der Waals surface area contributed by atoms with Gasteiger partial charge in [0, 0.05) is 24.2 Å². The minimum absolute atomic E-state index is 0.0739. The number of carbonyl (C=O) groups excluding carboxylic acids is 1. The zero-order valence-electron chi connectivity index (χ0n) is 10.4. The first kappa shape index (κ1) is 14.1. The Morgan fingerprint density at radius 3 is 2.53 bits per heavy atom. The molecule has 94 valence electrons. The molecule has 0 unspecified atom stereocenters. The number of benzene rings is 1. The second kappa shape index (κ2) is 6.09. The van der Waals surface area contributed by atoms with E-state index < -0.39 is 0 Å². The smallest absolute Gasteiger partial charge is 0.241 e. The van der Waals surface area contributed by atoms with Crippen LogP contribution in [0.25, 0.3) is 0 Å². The molecule has 0 heterocycles. The molecule has 0 aromatic heterocycles. The highest BCUT2D eigenvalue weighted by atomic mass is 127. The van der Waals surface area contributed by atoms with Gasteiger partial charge in [0.25, 0.3) is 0 Å². The maximum absolute atomic E-state index is 11.7. The van der Waals surface area contributed by atoms with Crippen LogP contribution in [0, 0.1) is 3.57 Å². The Morgan fingerprint density at radius 1 is 1.41 bits per heavy atom. The molecule has 0 fully saturated rings. The molecule has 5 heteroatoms. The van der Waals surface area contributed by atoms with Crippen molar-refractivity contribution in [3.8, 4) is 0 Å². The Bertz CT molecular complexity index is 407. The van der Waals surface area contributed by atoms with Crippen molar-refractivity contribution in [2.45, 2.75) is 6.92 Å². The number of anilines is 2. The summed E-state index contributed by atoms with van der Waals surface area (Å²) >= 11 is 2.22. The van der Waals surface area contributed by atoms with Gasteiger partial charge in [-0.1, -0.05) is 0 Å². The van der Waals surface area contributed by atoms with E-state index in [0.29, 0.717) is 12.2 Å². The zero-order chi connectivity index (χ0) is 13.0. The second-order valence-electron chi connectivity index (χ2n) is 4.01. The summed E-state index contributed by atoms with van der Waals surface area (Å²) in [6.07, 6.45) is 0.